The zero-order chi connectivity index (χ0) is 9.38. The second-order valence-corrected chi connectivity index (χ2v) is 3.19. The van der Waals surface area contributed by atoms with Crippen LogP contribution in [0.2, 0.25) is 0 Å². The molecule has 0 amide bonds. The van der Waals surface area contributed by atoms with Crippen LogP contribution in [0.25, 0.3) is 16.9 Å². The highest BCUT2D eigenvalue weighted by molar-refractivity contribution is 5.60. The van der Waals surface area contributed by atoms with Crippen molar-refractivity contribution < 1.29 is 0 Å². The Morgan fingerprint density at radius 2 is 2.21 bits per heavy atom. The molecule has 0 saturated carbocycles. The minimum absolute atomic E-state index is 0.973. The van der Waals surface area contributed by atoms with Crippen molar-refractivity contribution in [1.82, 2.24) is 14.4 Å². The predicted molar refractivity (Wildman–Crippen MR) is 55.0 cm³/mol. The molecule has 0 unspecified atom stereocenters. The molecule has 3 heteroatoms. The second-order valence-electron chi connectivity index (χ2n) is 3.19. The van der Waals surface area contributed by atoms with Gasteiger partial charge in [0.2, 0.25) is 0 Å². The largest absolute Gasteiger partial charge is 0.361 e. The number of aromatic nitrogens is 3. The first-order valence-electron chi connectivity index (χ1n) is 4.50. The molecule has 3 nitrogen and oxygen atoms in total. The van der Waals surface area contributed by atoms with Crippen molar-refractivity contribution in [3.05, 3.63) is 49.1 Å². The highest BCUT2D eigenvalue weighted by Gasteiger charge is 1.99. The van der Waals surface area contributed by atoms with E-state index in [0.717, 1.165) is 11.3 Å². The second kappa shape index (κ2) is 2.73. The number of pyridine rings is 1. The van der Waals surface area contributed by atoms with Gasteiger partial charge in [0, 0.05) is 36.0 Å². The third-order valence-electron chi connectivity index (χ3n) is 2.30. The Bertz CT molecular complexity index is 549. The first-order chi connectivity index (χ1) is 6.93. The zero-order valence-corrected chi connectivity index (χ0v) is 7.51. The molecule has 68 valence electrons. The van der Waals surface area contributed by atoms with Crippen molar-refractivity contribution in [2.75, 3.05) is 0 Å². The Hall–Kier alpha value is -2.03. The third kappa shape index (κ3) is 1.03. The fraction of sp³-hybridized carbons (Fsp3) is 0. The average molecular weight is 183 g/mol. The van der Waals surface area contributed by atoms with E-state index in [1.807, 2.05) is 28.9 Å². The van der Waals surface area contributed by atoms with Crippen LogP contribution in [0.1, 0.15) is 0 Å². The van der Waals surface area contributed by atoms with Gasteiger partial charge in [0.25, 0.3) is 0 Å². The normalized spacial score (nSPS) is 10.9. The van der Waals surface area contributed by atoms with Crippen LogP contribution in [0.15, 0.2) is 49.1 Å². The molecule has 0 aliphatic rings. The average Bonchev–Trinajstić information content (AvgIpc) is 2.88. The lowest BCUT2D eigenvalue weighted by Gasteiger charge is -1.99. The van der Waals surface area contributed by atoms with Crippen molar-refractivity contribution in [2.45, 2.75) is 0 Å². The quantitative estimate of drug-likeness (QED) is 0.617. The lowest BCUT2D eigenvalue weighted by atomic mass is 10.2. The molecule has 0 aliphatic heterocycles. The molecule has 3 heterocycles. The van der Waals surface area contributed by atoms with Gasteiger partial charge < -0.3 is 9.38 Å². The maximum Gasteiger partial charge on any atom is 0.136 e. The van der Waals surface area contributed by atoms with Crippen molar-refractivity contribution >= 4 is 5.65 Å². The van der Waals surface area contributed by atoms with Crippen molar-refractivity contribution in [2.24, 2.45) is 0 Å². The molecular formula is C11H9N3. The van der Waals surface area contributed by atoms with Gasteiger partial charge in [-0.1, -0.05) is 0 Å². The van der Waals surface area contributed by atoms with Gasteiger partial charge >= 0.3 is 0 Å². The number of hydrogen-bond donors (Lipinski definition) is 1. The van der Waals surface area contributed by atoms with Gasteiger partial charge in [-0.05, 0) is 24.3 Å². The molecule has 3 aromatic rings. The minimum atomic E-state index is 0.973. The van der Waals surface area contributed by atoms with Crippen molar-refractivity contribution in [3.63, 3.8) is 0 Å². The molecule has 0 atom stereocenters. The molecule has 0 saturated heterocycles. The van der Waals surface area contributed by atoms with E-state index in [1.165, 1.54) is 5.56 Å². The first kappa shape index (κ1) is 7.38. The smallest absolute Gasteiger partial charge is 0.136 e. The lowest BCUT2D eigenvalue weighted by Crippen LogP contribution is -1.85. The summed E-state index contributed by atoms with van der Waals surface area (Å²) in [6, 6.07) is 8.12. The number of aromatic amines is 1. The summed E-state index contributed by atoms with van der Waals surface area (Å²) in [6.45, 7) is 0. The van der Waals surface area contributed by atoms with Crippen molar-refractivity contribution in [1.29, 1.82) is 0 Å². The molecule has 3 rings (SSSR count). The van der Waals surface area contributed by atoms with E-state index in [4.69, 9.17) is 0 Å². The summed E-state index contributed by atoms with van der Waals surface area (Å²) in [6.07, 6.45) is 7.73. The van der Waals surface area contributed by atoms with E-state index < -0.39 is 0 Å². The van der Waals surface area contributed by atoms with Crippen LogP contribution in [0.5, 0.6) is 0 Å². The number of nitrogens with one attached hydrogen (secondary N) is 1. The third-order valence-corrected chi connectivity index (χ3v) is 2.30. The Morgan fingerprint density at radius 1 is 1.21 bits per heavy atom. The molecule has 14 heavy (non-hydrogen) atoms. The van der Waals surface area contributed by atoms with E-state index >= 15 is 0 Å². The Morgan fingerprint density at radius 3 is 3.07 bits per heavy atom. The molecule has 0 aromatic carbocycles. The lowest BCUT2D eigenvalue weighted by molar-refractivity contribution is 1.18. The molecule has 3 aromatic heterocycles. The van der Waals surface area contributed by atoms with Crippen LogP contribution in [0.3, 0.4) is 0 Å². The number of rotatable bonds is 1. The summed E-state index contributed by atoms with van der Waals surface area (Å²) in [5, 5.41) is 0. The van der Waals surface area contributed by atoms with Crippen LogP contribution < -0.4 is 0 Å². The summed E-state index contributed by atoms with van der Waals surface area (Å²) in [7, 11) is 0. The fourth-order valence-corrected chi connectivity index (χ4v) is 1.59. The molecule has 0 spiro atoms. The number of hydrogen-bond acceptors (Lipinski definition) is 1. The van der Waals surface area contributed by atoms with Crippen LogP contribution in [-0.4, -0.2) is 14.4 Å². The van der Waals surface area contributed by atoms with E-state index in [-0.39, 0.29) is 0 Å². The van der Waals surface area contributed by atoms with Gasteiger partial charge in [-0.2, -0.15) is 0 Å². The summed E-state index contributed by atoms with van der Waals surface area (Å²) in [5.41, 5.74) is 3.27. The van der Waals surface area contributed by atoms with Crippen LogP contribution in [0, 0.1) is 0 Å². The first-order valence-corrected chi connectivity index (χ1v) is 4.50. The van der Waals surface area contributed by atoms with Gasteiger partial charge in [-0.15, -0.1) is 0 Å². The number of nitrogens with zero attached hydrogens (tertiary/aromatic N) is 2. The van der Waals surface area contributed by atoms with Gasteiger partial charge in [0.1, 0.15) is 5.65 Å². The van der Waals surface area contributed by atoms with Crippen molar-refractivity contribution in [3.8, 4) is 11.3 Å². The predicted octanol–water partition coefficient (Wildman–Crippen LogP) is 2.33. The minimum Gasteiger partial charge on any atom is -0.361 e. The summed E-state index contributed by atoms with van der Waals surface area (Å²) < 4.78 is 2.01. The van der Waals surface area contributed by atoms with Crippen LogP contribution >= 0.6 is 0 Å². The van der Waals surface area contributed by atoms with Gasteiger partial charge in [-0.25, -0.2) is 4.98 Å². The highest BCUT2D eigenvalue weighted by Crippen LogP contribution is 2.17. The number of imidazole rings is 1. The zero-order valence-electron chi connectivity index (χ0n) is 7.51. The van der Waals surface area contributed by atoms with Gasteiger partial charge in [-0.3, -0.25) is 0 Å². The standard InChI is InChI=1S/C11H9N3/c1-2-10(12-5-1)9-3-4-11-13-6-7-14(11)8-9/h1-8,12H. The molecule has 0 bridgehead atoms. The SMILES string of the molecule is c1c[nH]c(-c2ccc3nccn3c2)c1. The molecule has 1 N–H and O–H groups in total. The Labute approximate surface area is 81.0 Å². The van der Waals surface area contributed by atoms with Gasteiger partial charge in [0.15, 0.2) is 0 Å². The van der Waals surface area contributed by atoms with E-state index in [0.29, 0.717) is 0 Å². The number of H-pyrrole nitrogens is 1. The molecule has 0 aliphatic carbocycles. The molecule has 0 fully saturated rings. The molecule has 0 radical (unpaired) electrons. The summed E-state index contributed by atoms with van der Waals surface area (Å²) >= 11 is 0. The topological polar surface area (TPSA) is 33.1 Å². The van der Waals surface area contributed by atoms with E-state index in [2.05, 4.69) is 28.3 Å². The Balaban J connectivity index is 2.23. The van der Waals surface area contributed by atoms with Crippen LogP contribution in [0.4, 0.5) is 0 Å². The van der Waals surface area contributed by atoms with Gasteiger partial charge in [0.05, 0.1) is 0 Å². The van der Waals surface area contributed by atoms with Crippen LogP contribution in [-0.2, 0) is 0 Å². The molecular weight excluding hydrogens is 174 g/mol. The number of fused-ring (bicyclic) bond motifs is 1. The summed E-state index contributed by atoms with van der Waals surface area (Å²) in [5.74, 6) is 0. The highest BCUT2D eigenvalue weighted by atomic mass is 15.0. The van der Waals surface area contributed by atoms with E-state index in [1.54, 1.807) is 6.20 Å². The monoisotopic (exact) mass is 183 g/mol. The van der Waals surface area contributed by atoms with E-state index in [9.17, 15) is 0 Å². The Kier molecular flexibility index (Phi) is 1.44. The summed E-state index contributed by atoms with van der Waals surface area (Å²) in [4.78, 5) is 7.37. The maximum atomic E-state index is 4.19. The fourth-order valence-electron chi connectivity index (χ4n) is 1.59. The maximum absolute atomic E-state index is 4.19.